The topological polar surface area (TPSA) is 45.1 Å². The second kappa shape index (κ2) is 5.31. The third-order valence-corrected chi connectivity index (χ3v) is 2.88. The standard InChI is InChI=1S/C12H22N2O/c1-8(2)12(13)15-10(4)11-6-5-9(3)14-7-11/h8-9,11,13-14H,4-7H2,1-3H3/t9-,11?/m0/s1. The maximum atomic E-state index is 7.63. The van der Waals surface area contributed by atoms with Gasteiger partial charge in [-0.15, -0.1) is 0 Å². The first kappa shape index (κ1) is 12.2. The predicted octanol–water partition coefficient (Wildman–Crippen LogP) is 2.54. The monoisotopic (exact) mass is 210 g/mol. The third kappa shape index (κ3) is 3.67. The molecule has 0 aromatic carbocycles. The summed E-state index contributed by atoms with van der Waals surface area (Å²) in [6, 6.07) is 0.596. The highest BCUT2D eigenvalue weighted by molar-refractivity contribution is 5.75. The highest BCUT2D eigenvalue weighted by atomic mass is 16.5. The van der Waals surface area contributed by atoms with Gasteiger partial charge >= 0.3 is 0 Å². The first-order valence-corrected chi connectivity index (χ1v) is 5.69. The van der Waals surface area contributed by atoms with Crippen molar-refractivity contribution in [1.82, 2.24) is 5.32 Å². The summed E-state index contributed by atoms with van der Waals surface area (Å²) in [5.74, 6) is 1.56. The SMILES string of the molecule is C=C(OC(=N)C(C)C)C1CC[C@H](C)NC1. The van der Waals surface area contributed by atoms with Gasteiger partial charge in [0.1, 0.15) is 5.76 Å². The van der Waals surface area contributed by atoms with E-state index in [0.717, 1.165) is 25.1 Å². The normalized spacial score (nSPS) is 26.4. The van der Waals surface area contributed by atoms with E-state index in [4.69, 9.17) is 10.1 Å². The number of nitrogens with one attached hydrogen (secondary N) is 2. The van der Waals surface area contributed by atoms with Gasteiger partial charge in [-0.2, -0.15) is 0 Å². The fourth-order valence-corrected chi connectivity index (χ4v) is 1.62. The predicted molar refractivity (Wildman–Crippen MR) is 63.0 cm³/mol. The van der Waals surface area contributed by atoms with Crippen LogP contribution in [0, 0.1) is 17.2 Å². The second-order valence-corrected chi connectivity index (χ2v) is 4.67. The van der Waals surface area contributed by atoms with Crippen molar-refractivity contribution >= 4 is 5.90 Å². The molecule has 1 heterocycles. The minimum absolute atomic E-state index is 0.136. The molecule has 2 N–H and O–H groups in total. The van der Waals surface area contributed by atoms with Crippen LogP contribution < -0.4 is 5.32 Å². The van der Waals surface area contributed by atoms with Crippen molar-refractivity contribution in [3.8, 4) is 0 Å². The average molecular weight is 210 g/mol. The quantitative estimate of drug-likeness (QED) is 0.427. The van der Waals surface area contributed by atoms with Crippen LogP contribution in [-0.4, -0.2) is 18.5 Å². The van der Waals surface area contributed by atoms with Crippen LogP contribution in [0.5, 0.6) is 0 Å². The van der Waals surface area contributed by atoms with Gasteiger partial charge in [-0.05, 0) is 19.8 Å². The molecule has 3 nitrogen and oxygen atoms in total. The Bertz CT molecular complexity index is 240. The summed E-state index contributed by atoms with van der Waals surface area (Å²) in [4.78, 5) is 0. The molecular weight excluding hydrogens is 188 g/mol. The van der Waals surface area contributed by atoms with Gasteiger partial charge in [0.15, 0.2) is 5.90 Å². The number of ether oxygens (including phenoxy) is 1. The van der Waals surface area contributed by atoms with Crippen molar-refractivity contribution in [1.29, 1.82) is 5.41 Å². The van der Waals surface area contributed by atoms with E-state index in [0.29, 0.717) is 17.9 Å². The summed E-state index contributed by atoms with van der Waals surface area (Å²) in [7, 11) is 0. The minimum atomic E-state index is 0.136. The van der Waals surface area contributed by atoms with E-state index in [2.05, 4.69) is 18.8 Å². The first-order chi connectivity index (χ1) is 7.00. The molecule has 15 heavy (non-hydrogen) atoms. The molecule has 0 aromatic rings. The van der Waals surface area contributed by atoms with Crippen molar-refractivity contribution in [3.63, 3.8) is 0 Å². The largest absolute Gasteiger partial charge is 0.448 e. The van der Waals surface area contributed by atoms with Crippen LogP contribution >= 0.6 is 0 Å². The Balaban J connectivity index is 2.37. The van der Waals surface area contributed by atoms with Crippen LogP contribution in [0.3, 0.4) is 0 Å². The van der Waals surface area contributed by atoms with Crippen molar-refractivity contribution < 1.29 is 4.74 Å². The molecule has 0 aromatic heterocycles. The zero-order valence-electron chi connectivity index (χ0n) is 9.97. The smallest absolute Gasteiger partial charge is 0.189 e. The van der Waals surface area contributed by atoms with E-state index >= 15 is 0 Å². The molecule has 0 amide bonds. The van der Waals surface area contributed by atoms with E-state index in [-0.39, 0.29) is 5.92 Å². The van der Waals surface area contributed by atoms with Crippen LogP contribution in [0.15, 0.2) is 12.3 Å². The van der Waals surface area contributed by atoms with Crippen LogP contribution in [0.1, 0.15) is 33.6 Å². The Morgan fingerprint density at radius 2 is 2.13 bits per heavy atom. The lowest BCUT2D eigenvalue weighted by Gasteiger charge is -2.29. The van der Waals surface area contributed by atoms with Crippen LogP contribution in [0.4, 0.5) is 0 Å². The van der Waals surface area contributed by atoms with Gasteiger partial charge in [-0.25, -0.2) is 0 Å². The molecule has 0 radical (unpaired) electrons. The summed E-state index contributed by atoms with van der Waals surface area (Å²) in [5.41, 5.74) is 0. The number of rotatable bonds is 3. The Morgan fingerprint density at radius 1 is 1.47 bits per heavy atom. The van der Waals surface area contributed by atoms with E-state index in [1.54, 1.807) is 0 Å². The number of hydrogen-bond acceptors (Lipinski definition) is 3. The van der Waals surface area contributed by atoms with Gasteiger partial charge in [0.05, 0.1) is 0 Å². The van der Waals surface area contributed by atoms with Gasteiger partial charge in [-0.3, -0.25) is 5.41 Å². The molecule has 86 valence electrons. The van der Waals surface area contributed by atoms with Crippen molar-refractivity contribution in [2.24, 2.45) is 11.8 Å². The fraction of sp³-hybridized carbons (Fsp3) is 0.750. The van der Waals surface area contributed by atoms with Gasteiger partial charge in [-0.1, -0.05) is 20.4 Å². The molecule has 0 bridgehead atoms. The van der Waals surface area contributed by atoms with Crippen molar-refractivity contribution in [2.75, 3.05) is 6.54 Å². The molecule has 0 spiro atoms. The maximum Gasteiger partial charge on any atom is 0.189 e. The van der Waals surface area contributed by atoms with E-state index in [9.17, 15) is 0 Å². The zero-order chi connectivity index (χ0) is 11.4. The highest BCUT2D eigenvalue weighted by Gasteiger charge is 2.22. The van der Waals surface area contributed by atoms with Gasteiger partial charge < -0.3 is 10.1 Å². The van der Waals surface area contributed by atoms with E-state index in [1.807, 2.05) is 13.8 Å². The molecular formula is C12H22N2O. The summed E-state index contributed by atoms with van der Waals surface area (Å²) in [6.45, 7) is 10.9. The summed E-state index contributed by atoms with van der Waals surface area (Å²) >= 11 is 0. The molecule has 1 rings (SSSR count). The minimum Gasteiger partial charge on any atom is -0.448 e. The van der Waals surface area contributed by atoms with Crippen molar-refractivity contribution in [3.05, 3.63) is 12.3 Å². The van der Waals surface area contributed by atoms with E-state index < -0.39 is 0 Å². The summed E-state index contributed by atoms with van der Waals surface area (Å²) in [5, 5.41) is 11.0. The lowest BCUT2D eigenvalue weighted by molar-refractivity contribution is 0.261. The lowest BCUT2D eigenvalue weighted by atomic mass is 9.94. The fourth-order valence-electron chi connectivity index (χ4n) is 1.62. The zero-order valence-corrected chi connectivity index (χ0v) is 9.97. The van der Waals surface area contributed by atoms with Gasteiger partial charge in [0.2, 0.25) is 0 Å². The van der Waals surface area contributed by atoms with Crippen LogP contribution in [-0.2, 0) is 4.74 Å². The molecule has 1 aliphatic rings. The van der Waals surface area contributed by atoms with E-state index in [1.165, 1.54) is 0 Å². The molecule has 0 saturated carbocycles. The molecule has 1 saturated heterocycles. The average Bonchev–Trinajstić information content (AvgIpc) is 2.18. The molecule has 2 atom stereocenters. The Kier molecular flexibility index (Phi) is 4.33. The highest BCUT2D eigenvalue weighted by Crippen LogP contribution is 2.22. The Hall–Kier alpha value is -0.830. The molecule has 1 fully saturated rings. The lowest BCUT2D eigenvalue weighted by Crippen LogP contribution is -2.38. The number of piperidine rings is 1. The molecule has 3 heteroatoms. The van der Waals surface area contributed by atoms with Crippen LogP contribution in [0.25, 0.3) is 0 Å². The molecule has 1 unspecified atom stereocenters. The summed E-state index contributed by atoms with van der Waals surface area (Å²) < 4.78 is 5.44. The molecule has 1 aliphatic heterocycles. The second-order valence-electron chi connectivity index (χ2n) is 4.67. The third-order valence-electron chi connectivity index (χ3n) is 2.88. The number of hydrogen-bond donors (Lipinski definition) is 2. The van der Waals surface area contributed by atoms with Gasteiger partial charge in [0.25, 0.3) is 0 Å². The molecule has 0 aliphatic carbocycles. The first-order valence-electron chi connectivity index (χ1n) is 5.69. The van der Waals surface area contributed by atoms with Crippen LogP contribution in [0.2, 0.25) is 0 Å². The van der Waals surface area contributed by atoms with Gasteiger partial charge in [0, 0.05) is 24.4 Å². The Morgan fingerprint density at radius 3 is 2.60 bits per heavy atom. The maximum absolute atomic E-state index is 7.63. The van der Waals surface area contributed by atoms with Crippen molar-refractivity contribution in [2.45, 2.75) is 39.7 Å². The Labute approximate surface area is 92.4 Å². The summed E-state index contributed by atoms with van der Waals surface area (Å²) in [6.07, 6.45) is 2.26.